The molecule has 0 unspecified atom stereocenters. The molecule has 3 aromatic rings. The van der Waals surface area contributed by atoms with Gasteiger partial charge in [-0.25, -0.2) is 0 Å². The van der Waals surface area contributed by atoms with E-state index in [1.54, 1.807) is 24.4 Å². The van der Waals surface area contributed by atoms with Crippen molar-refractivity contribution in [3.05, 3.63) is 67.8 Å². The number of rotatable bonds is 2. The van der Waals surface area contributed by atoms with Crippen LogP contribution in [-0.4, -0.2) is 15.9 Å². The standard InChI is InChI=1S/C18H11Cl2N3OS/c19-13-6-5-11(8-14(13)20)23-17(24)16(25-18(23)21)7-10-9-22-15-4-2-1-3-12(10)15/h1-9,21,24H/b10-7-,21-18?. The molecule has 0 saturated heterocycles. The summed E-state index contributed by atoms with van der Waals surface area (Å²) in [5.41, 5.74) is 3.38. The largest absolute Gasteiger partial charge is 0.493 e. The van der Waals surface area contributed by atoms with E-state index in [1.807, 2.05) is 30.3 Å². The van der Waals surface area contributed by atoms with Gasteiger partial charge in [0.2, 0.25) is 5.88 Å². The molecular formula is C18H11Cl2N3OS. The molecule has 1 aromatic heterocycles. The van der Waals surface area contributed by atoms with Gasteiger partial charge in [-0.1, -0.05) is 52.7 Å². The molecule has 124 valence electrons. The van der Waals surface area contributed by atoms with Gasteiger partial charge in [-0.05, 0) is 30.3 Å². The molecule has 1 aliphatic heterocycles. The van der Waals surface area contributed by atoms with Gasteiger partial charge in [0.15, 0.2) is 4.80 Å². The zero-order valence-corrected chi connectivity index (χ0v) is 15.0. The summed E-state index contributed by atoms with van der Waals surface area (Å²) in [6.45, 7) is 0. The summed E-state index contributed by atoms with van der Waals surface area (Å²) >= 11 is 13.2. The van der Waals surface area contributed by atoms with Crippen molar-refractivity contribution in [2.75, 3.05) is 0 Å². The number of aromatic hydroxyl groups is 1. The minimum atomic E-state index is -0.0151. The predicted molar refractivity (Wildman–Crippen MR) is 104 cm³/mol. The summed E-state index contributed by atoms with van der Waals surface area (Å²) in [7, 11) is 0. The first kappa shape index (κ1) is 16.1. The van der Waals surface area contributed by atoms with Crippen LogP contribution in [0.5, 0.6) is 5.88 Å². The Kier molecular flexibility index (Phi) is 4.00. The number of nitrogens with one attached hydrogen (secondary N) is 1. The Morgan fingerprint density at radius 3 is 2.72 bits per heavy atom. The lowest BCUT2D eigenvalue weighted by molar-refractivity contribution is 0.438. The van der Waals surface area contributed by atoms with Crippen molar-refractivity contribution in [3.8, 4) is 11.6 Å². The van der Waals surface area contributed by atoms with Crippen LogP contribution in [-0.2, 0) is 0 Å². The predicted octanol–water partition coefficient (Wildman–Crippen LogP) is 5.29. The molecule has 4 rings (SSSR count). The fourth-order valence-electron chi connectivity index (χ4n) is 2.65. The maximum atomic E-state index is 10.6. The molecule has 7 heteroatoms. The summed E-state index contributed by atoms with van der Waals surface area (Å²) in [5.74, 6) is -0.0151. The van der Waals surface area contributed by atoms with Gasteiger partial charge < -0.3 is 5.11 Å². The van der Waals surface area contributed by atoms with Crippen LogP contribution < -0.4 is 4.80 Å². The quantitative estimate of drug-likeness (QED) is 0.616. The van der Waals surface area contributed by atoms with E-state index in [0.29, 0.717) is 20.6 Å². The molecule has 2 aromatic carbocycles. The Morgan fingerprint density at radius 2 is 1.92 bits per heavy atom. The number of nitrogens with zero attached hydrogens (tertiary/aromatic N) is 2. The van der Waals surface area contributed by atoms with Gasteiger partial charge >= 0.3 is 0 Å². The molecule has 1 aliphatic rings. The van der Waals surface area contributed by atoms with Crippen LogP contribution in [0, 0.1) is 5.41 Å². The Hall–Kier alpha value is -2.34. The highest BCUT2D eigenvalue weighted by molar-refractivity contribution is 7.10. The van der Waals surface area contributed by atoms with E-state index in [-0.39, 0.29) is 10.7 Å². The third-order valence-electron chi connectivity index (χ3n) is 3.85. The highest BCUT2D eigenvalue weighted by Gasteiger charge is 2.16. The van der Waals surface area contributed by atoms with Gasteiger partial charge in [0.25, 0.3) is 0 Å². The summed E-state index contributed by atoms with van der Waals surface area (Å²) < 4.78 is 1.43. The van der Waals surface area contributed by atoms with Crippen LogP contribution in [0.3, 0.4) is 0 Å². The lowest BCUT2D eigenvalue weighted by atomic mass is 10.1. The van der Waals surface area contributed by atoms with E-state index in [2.05, 4.69) is 4.99 Å². The SMILES string of the molecule is N=c1sc(/C=C2/C=Nc3ccccc32)c(O)n1-c1ccc(Cl)c(Cl)c1. The number of para-hydroxylation sites is 1. The number of thiazole rings is 1. The van der Waals surface area contributed by atoms with E-state index < -0.39 is 0 Å². The van der Waals surface area contributed by atoms with Gasteiger partial charge in [0, 0.05) is 17.4 Å². The number of allylic oxidation sites excluding steroid dienone is 1. The number of hydrogen-bond donors (Lipinski definition) is 2. The highest BCUT2D eigenvalue weighted by atomic mass is 35.5. The fourth-order valence-corrected chi connectivity index (χ4v) is 3.81. The summed E-state index contributed by atoms with van der Waals surface area (Å²) in [6.07, 6.45) is 3.60. The number of halogens is 2. The maximum Gasteiger partial charge on any atom is 0.215 e. The molecule has 2 heterocycles. The average Bonchev–Trinajstić information content (AvgIpc) is 3.12. The molecule has 0 spiro atoms. The topological polar surface area (TPSA) is 61.4 Å². The molecule has 0 saturated carbocycles. The van der Waals surface area contributed by atoms with Crippen LogP contribution in [0.4, 0.5) is 5.69 Å². The zero-order chi connectivity index (χ0) is 17.6. The monoisotopic (exact) mass is 387 g/mol. The number of benzene rings is 2. The zero-order valence-electron chi connectivity index (χ0n) is 12.7. The minimum absolute atomic E-state index is 0.0151. The van der Waals surface area contributed by atoms with Crippen LogP contribution >= 0.6 is 34.5 Å². The van der Waals surface area contributed by atoms with Crippen molar-refractivity contribution >= 4 is 58.1 Å². The van der Waals surface area contributed by atoms with Gasteiger partial charge in [-0.2, -0.15) is 0 Å². The summed E-state index contributed by atoms with van der Waals surface area (Å²) in [5, 5.41) is 19.6. The third-order valence-corrected chi connectivity index (χ3v) is 5.48. The maximum absolute atomic E-state index is 10.6. The smallest absolute Gasteiger partial charge is 0.215 e. The molecule has 4 nitrogen and oxygen atoms in total. The molecule has 0 radical (unpaired) electrons. The highest BCUT2D eigenvalue weighted by Crippen LogP contribution is 2.35. The first-order valence-corrected chi connectivity index (χ1v) is 8.92. The van der Waals surface area contributed by atoms with Gasteiger partial charge in [-0.3, -0.25) is 15.0 Å². The van der Waals surface area contributed by atoms with Crippen LogP contribution in [0.1, 0.15) is 10.4 Å². The molecule has 0 fully saturated rings. The van der Waals surface area contributed by atoms with Gasteiger partial charge in [-0.15, -0.1) is 0 Å². The van der Waals surface area contributed by atoms with Gasteiger partial charge in [0.05, 0.1) is 26.3 Å². The Balaban J connectivity index is 1.82. The number of aliphatic imine (C=N–C) groups is 1. The van der Waals surface area contributed by atoms with Crippen LogP contribution in [0.25, 0.3) is 17.3 Å². The lowest BCUT2D eigenvalue weighted by Gasteiger charge is -2.06. The van der Waals surface area contributed by atoms with Crippen molar-refractivity contribution in [2.45, 2.75) is 0 Å². The van der Waals surface area contributed by atoms with Crippen LogP contribution in [0.2, 0.25) is 10.0 Å². The molecule has 0 atom stereocenters. The van der Waals surface area contributed by atoms with Crippen molar-refractivity contribution in [1.82, 2.24) is 4.57 Å². The lowest BCUT2D eigenvalue weighted by Crippen LogP contribution is -2.09. The first-order chi connectivity index (χ1) is 12.0. The molecule has 0 amide bonds. The van der Waals surface area contributed by atoms with Crippen LogP contribution in [0.15, 0.2) is 47.5 Å². The second-order valence-corrected chi connectivity index (χ2v) is 7.25. The second kappa shape index (κ2) is 6.19. The Bertz CT molecular complexity index is 1110. The van der Waals surface area contributed by atoms with E-state index in [9.17, 15) is 5.11 Å². The second-order valence-electron chi connectivity index (χ2n) is 5.40. The van der Waals surface area contributed by atoms with Crippen molar-refractivity contribution < 1.29 is 5.11 Å². The van der Waals surface area contributed by atoms with Gasteiger partial charge in [0.1, 0.15) is 0 Å². The van der Waals surface area contributed by atoms with E-state index in [1.165, 1.54) is 15.9 Å². The Labute approximate surface area is 157 Å². The summed E-state index contributed by atoms with van der Waals surface area (Å²) in [6, 6.07) is 12.8. The average molecular weight is 388 g/mol. The number of aromatic nitrogens is 1. The van der Waals surface area contributed by atoms with Crippen molar-refractivity contribution in [3.63, 3.8) is 0 Å². The molecular weight excluding hydrogens is 377 g/mol. The Morgan fingerprint density at radius 1 is 1.12 bits per heavy atom. The molecule has 0 aliphatic carbocycles. The normalized spacial score (nSPS) is 14.2. The molecule has 0 bridgehead atoms. The van der Waals surface area contributed by atoms with E-state index in [0.717, 1.165) is 16.8 Å². The molecule has 25 heavy (non-hydrogen) atoms. The number of fused-ring (bicyclic) bond motifs is 1. The third kappa shape index (κ3) is 2.80. The summed E-state index contributed by atoms with van der Waals surface area (Å²) in [4.78, 5) is 5.12. The minimum Gasteiger partial charge on any atom is -0.493 e. The fraction of sp³-hybridized carbons (Fsp3) is 0. The van der Waals surface area contributed by atoms with E-state index in [4.69, 9.17) is 28.6 Å². The first-order valence-electron chi connectivity index (χ1n) is 7.34. The molecule has 2 N–H and O–H groups in total. The number of hydrogen-bond acceptors (Lipinski definition) is 4. The van der Waals surface area contributed by atoms with E-state index >= 15 is 0 Å². The van der Waals surface area contributed by atoms with Crippen molar-refractivity contribution in [2.24, 2.45) is 4.99 Å². The van der Waals surface area contributed by atoms with Crippen molar-refractivity contribution in [1.29, 1.82) is 5.41 Å².